The molecule has 0 saturated carbocycles. The zero-order valence-electron chi connectivity index (χ0n) is 16.9. The molecular formula is C19H20N8O3S. The molecule has 0 aromatic carbocycles. The largest absolute Gasteiger partial charge is 0.470 e. The van der Waals surface area contributed by atoms with E-state index in [2.05, 4.69) is 30.1 Å². The molecule has 0 unspecified atom stereocenters. The Bertz CT molecular complexity index is 1240. The molecule has 1 atom stereocenters. The Morgan fingerprint density at radius 3 is 3.03 bits per heavy atom. The number of anilines is 2. The molecule has 4 aromatic rings. The zero-order chi connectivity index (χ0) is 21.4. The number of nitrogens with one attached hydrogen (secondary N) is 2. The van der Waals surface area contributed by atoms with Gasteiger partial charge in [-0.05, 0) is 17.6 Å². The first-order chi connectivity index (χ1) is 15.1. The molecule has 5 rings (SSSR count). The van der Waals surface area contributed by atoms with Crippen LogP contribution in [0, 0.1) is 0 Å². The average molecular weight is 440 g/mol. The molecule has 12 heteroatoms. The van der Waals surface area contributed by atoms with E-state index in [9.17, 15) is 4.79 Å². The second kappa shape index (κ2) is 7.96. The molecule has 4 aromatic heterocycles. The second-order valence-corrected chi connectivity index (χ2v) is 7.83. The van der Waals surface area contributed by atoms with Gasteiger partial charge in [0.2, 0.25) is 11.8 Å². The first kappa shape index (κ1) is 19.5. The van der Waals surface area contributed by atoms with Crippen LogP contribution >= 0.6 is 11.5 Å². The summed E-state index contributed by atoms with van der Waals surface area (Å²) in [4.78, 5) is 21.0. The molecule has 1 amide bonds. The lowest BCUT2D eigenvalue weighted by atomic mass is 10.3. The number of hydrogen-bond acceptors (Lipinski definition) is 9. The predicted molar refractivity (Wildman–Crippen MR) is 114 cm³/mol. The maximum absolute atomic E-state index is 11.8. The van der Waals surface area contributed by atoms with Crippen molar-refractivity contribution in [1.82, 2.24) is 34.0 Å². The quantitative estimate of drug-likeness (QED) is 0.466. The van der Waals surface area contributed by atoms with Gasteiger partial charge < -0.3 is 24.7 Å². The number of carbonyl (C=O) groups is 1. The minimum absolute atomic E-state index is 0.0774. The summed E-state index contributed by atoms with van der Waals surface area (Å²) in [5.41, 5.74) is 2.68. The van der Waals surface area contributed by atoms with Crippen molar-refractivity contribution in [3.8, 4) is 11.6 Å². The third kappa shape index (κ3) is 3.82. The van der Waals surface area contributed by atoms with E-state index in [0.29, 0.717) is 41.3 Å². The second-order valence-electron chi connectivity index (χ2n) is 7.03. The molecule has 1 aliphatic heterocycles. The molecule has 0 bridgehead atoms. The summed E-state index contributed by atoms with van der Waals surface area (Å²) in [6.07, 6.45) is 6.31. The van der Waals surface area contributed by atoms with Gasteiger partial charge in [0.1, 0.15) is 22.3 Å². The van der Waals surface area contributed by atoms with Gasteiger partial charge in [-0.1, -0.05) is 0 Å². The molecular weight excluding hydrogens is 420 g/mol. The molecule has 11 nitrogen and oxygen atoms in total. The molecule has 1 saturated heterocycles. The lowest BCUT2D eigenvalue weighted by molar-refractivity contribution is 0.0959. The van der Waals surface area contributed by atoms with Gasteiger partial charge in [-0.3, -0.25) is 9.48 Å². The highest BCUT2D eigenvalue weighted by molar-refractivity contribution is 7.10. The van der Waals surface area contributed by atoms with Crippen molar-refractivity contribution < 1.29 is 14.3 Å². The average Bonchev–Trinajstić information content (AvgIpc) is 3.54. The van der Waals surface area contributed by atoms with Crippen molar-refractivity contribution >= 4 is 39.4 Å². The van der Waals surface area contributed by atoms with Gasteiger partial charge in [-0.25, -0.2) is 4.98 Å². The summed E-state index contributed by atoms with van der Waals surface area (Å²) >= 11 is 1.16. The van der Waals surface area contributed by atoms with E-state index in [1.807, 2.05) is 30.1 Å². The summed E-state index contributed by atoms with van der Waals surface area (Å²) in [5, 5.41) is 10.6. The van der Waals surface area contributed by atoms with Crippen LogP contribution in [0.25, 0.3) is 16.7 Å². The van der Waals surface area contributed by atoms with Crippen molar-refractivity contribution in [3.05, 3.63) is 36.4 Å². The van der Waals surface area contributed by atoms with Crippen LogP contribution in [0.3, 0.4) is 0 Å². The van der Waals surface area contributed by atoms with Gasteiger partial charge in [0.15, 0.2) is 0 Å². The maximum atomic E-state index is 11.8. The lowest BCUT2D eigenvalue weighted by Crippen LogP contribution is -2.18. The molecule has 160 valence electrons. The maximum Gasteiger partial charge on any atom is 0.270 e. The van der Waals surface area contributed by atoms with Crippen molar-refractivity contribution in [2.45, 2.75) is 12.5 Å². The van der Waals surface area contributed by atoms with Gasteiger partial charge in [-0.15, -0.1) is 0 Å². The molecule has 0 spiro atoms. The van der Waals surface area contributed by atoms with Crippen LogP contribution in [0.4, 0.5) is 10.9 Å². The van der Waals surface area contributed by atoms with Gasteiger partial charge in [0.25, 0.3) is 5.91 Å². The number of nitrogens with zero attached hydrogens (tertiary/aromatic N) is 6. The molecule has 2 N–H and O–H groups in total. The van der Waals surface area contributed by atoms with Gasteiger partial charge in [0, 0.05) is 39.0 Å². The number of rotatable bonds is 6. The van der Waals surface area contributed by atoms with Crippen molar-refractivity contribution in [3.63, 3.8) is 0 Å². The highest BCUT2D eigenvalue weighted by Gasteiger charge is 2.22. The standard InChI is InChI=1S/C19H20N8O3S/c1-20-17(28)14-7-15(31-25-14)23-19-22-13-3-5-27(11-8-21-26(2)9-11)16(13)18(24-19)30-12-4-6-29-10-12/h3,5,7-9,12H,4,6,10H2,1-2H3,(H,20,28)(H,22,23,24)/t12-/m1/s1. The van der Waals surface area contributed by atoms with Crippen LogP contribution in [0.5, 0.6) is 5.88 Å². The SMILES string of the molecule is CNC(=O)c1cc(Nc2nc(O[C@@H]3CCOC3)c3c(ccn3-c3cnn(C)c3)n2)sn1. The van der Waals surface area contributed by atoms with Crippen molar-refractivity contribution in [1.29, 1.82) is 0 Å². The minimum atomic E-state index is -0.250. The Morgan fingerprint density at radius 1 is 1.39 bits per heavy atom. The predicted octanol–water partition coefficient (Wildman–Crippen LogP) is 1.88. The molecule has 0 radical (unpaired) electrons. The molecule has 0 aliphatic carbocycles. The monoisotopic (exact) mass is 440 g/mol. The number of hydrogen-bond donors (Lipinski definition) is 2. The Kier molecular flexibility index (Phi) is 5.00. The van der Waals surface area contributed by atoms with E-state index in [1.165, 1.54) is 0 Å². The number of aromatic nitrogens is 6. The Balaban J connectivity index is 1.54. The topological polar surface area (TPSA) is 121 Å². The van der Waals surface area contributed by atoms with Crippen molar-refractivity contribution in [2.75, 3.05) is 25.6 Å². The molecule has 5 heterocycles. The Labute approximate surface area is 181 Å². The Hall–Kier alpha value is -3.51. The van der Waals surface area contributed by atoms with Crippen LogP contribution in [0.1, 0.15) is 16.9 Å². The first-order valence-electron chi connectivity index (χ1n) is 9.69. The third-order valence-electron chi connectivity index (χ3n) is 4.84. The minimum Gasteiger partial charge on any atom is -0.470 e. The number of fused-ring (bicyclic) bond motifs is 1. The van der Waals surface area contributed by atoms with Gasteiger partial charge in [0.05, 0.1) is 30.6 Å². The highest BCUT2D eigenvalue weighted by Crippen LogP contribution is 2.31. The number of amides is 1. The van der Waals surface area contributed by atoms with E-state index in [1.54, 1.807) is 24.0 Å². The molecule has 1 aliphatic rings. The molecule has 1 fully saturated rings. The van der Waals surface area contributed by atoms with E-state index in [4.69, 9.17) is 9.47 Å². The smallest absolute Gasteiger partial charge is 0.270 e. The van der Waals surface area contributed by atoms with E-state index in [0.717, 1.165) is 29.2 Å². The van der Waals surface area contributed by atoms with E-state index < -0.39 is 0 Å². The third-order valence-corrected chi connectivity index (χ3v) is 5.55. The first-order valence-corrected chi connectivity index (χ1v) is 10.5. The summed E-state index contributed by atoms with van der Waals surface area (Å²) in [7, 11) is 3.43. The summed E-state index contributed by atoms with van der Waals surface area (Å²) in [6.45, 7) is 1.18. The fourth-order valence-electron chi connectivity index (χ4n) is 3.34. The Morgan fingerprint density at radius 2 is 2.29 bits per heavy atom. The fraction of sp³-hybridized carbons (Fsp3) is 0.316. The summed E-state index contributed by atoms with van der Waals surface area (Å²) in [6, 6.07) is 3.55. The van der Waals surface area contributed by atoms with Gasteiger partial charge in [-0.2, -0.15) is 14.5 Å². The van der Waals surface area contributed by atoms with E-state index >= 15 is 0 Å². The zero-order valence-corrected chi connectivity index (χ0v) is 17.7. The van der Waals surface area contributed by atoms with Crippen LogP contribution in [-0.4, -0.2) is 61.0 Å². The van der Waals surface area contributed by atoms with Crippen molar-refractivity contribution in [2.24, 2.45) is 7.05 Å². The number of aryl methyl sites for hydroxylation is 1. The van der Waals surface area contributed by atoms with Crippen LogP contribution in [0.2, 0.25) is 0 Å². The fourth-order valence-corrected chi connectivity index (χ4v) is 3.98. The van der Waals surface area contributed by atoms with Gasteiger partial charge >= 0.3 is 0 Å². The summed E-state index contributed by atoms with van der Waals surface area (Å²) < 4.78 is 19.5. The summed E-state index contributed by atoms with van der Waals surface area (Å²) in [5.74, 6) is 0.560. The van der Waals surface area contributed by atoms with Crippen LogP contribution < -0.4 is 15.4 Å². The lowest BCUT2D eigenvalue weighted by Gasteiger charge is -2.14. The van der Waals surface area contributed by atoms with Crippen LogP contribution in [0.15, 0.2) is 30.7 Å². The number of ether oxygens (including phenoxy) is 2. The normalized spacial score (nSPS) is 16.0. The van der Waals surface area contributed by atoms with E-state index in [-0.39, 0.29) is 12.0 Å². The highest BCUT2D eigenvalue weighted by atomic mass is 32.1. The van der Waals surface area contributed by atoms with Crippen LogP contribution in [-0.2, 0) is 11.8 Å². The molecule has 31 heavy (non-hydrogen) atoms. The number of carbonyl (C=O) groups excluding carboxylic acids is 1.